The van der Waals surface area contributed by atoms with Gasteiger partial charge in [0.25, 0.3) is 0 Å². The van der Waals surface area contributed by atoms with Gasteiger partial charge in [-0.1, -0.05) is 19.3 Å². The number of alkyl halides is 1. The van der Waals surface area contributed by atoms with Crippen molar-refractivity contribution in [3.8, 4) is 0 Å². The normalized spacial score (nSPS) is 27.7. The summed E-state index contributed by atoms with van der Waals surface area (Å²) in [6, 6.07) is 0.218. The highest BCUT2D eigenvalue weighted by atomic mass is 35.5. The molecule has 1 heterocycles. The summed E-state index contributed by atoms with van der Waals surface area (Å²) in [5.74, 6) is 0.633. The molecule has 0 aromatic heterocycles. The zero-order valence-corrected chi connectivity index (χ0v) is 12.6. The molecule has 0 bridgehead atoms. The zero-order chi connectivity index (χ0) is 13.0. The van der Waals surface area contributed by atoms with Crippen molar-refractivity contribution in [2.75, 3.05) is 12.4 Å². The predicted molar refractivity (Wildman–Crippen MR) is 75.5 cm³/mol. The topological polar surface area (TPSA) is 37.4 Å². The second-order valence-electron chi connectivity index (χ2n) is 5.54. The molecule has 0 amide bonds. The Morgan fingerprint density at radius 1 is 1.06 bits per heavy atom. The average molecular weight is 294 g/mol. The summed E-state index contributed by atoms with van der Waals surface area (Å²) >= 11 is 5.72. The molecule has 1 unspecified atom stereocenters. The van der Waals surface area contributed by atoms with E-state index in [-0.39, 0.29) is 11.3 Å². The lowest BCUT2D eigenvalue weighted by Gasteiger charge is -2.30. The van der Waals surface area contributed by atoms with E-state index in [4.69, 9.17) is 11.6 Å². The van der Waals surface area contributed by atoms with E-state index in [1.807, 2.05) is 0 Å². The maximum atomic E-state index is 12.7. The Balaban J connectivity index is 2.03. The maximum absolute atomic E-state index is 12.7. The molecule has 1 aliphatic carbocycles. The fourth-order valence-corrected chi connectivity index (χ4v) is 5.78. The molecule has 2 rings (SSSR count). The van der Waals surface area contributed by atoms with Crippen LogP contribution in [0.4, 0.5) is 0 Å². The van der Waals surface area contributed by atoms with Gasteiger partial charge in [0.1, 0.15) is 0 Å². The fraction of sp³-hybridized carbons (Fsp3) is 1.00. The summed E-state index contributed by atoms with van der Waals surface area (Å²) in [6.07, 6.45) is 8.94. The highest BCUT2D eigenvalue weighted by Crippen LogP contribution is 2.32. The van der Waals surface area contributed by atoms with E-state index in [0.29, 0.717) is 5.88 Å². The molecule has 18 heavy (non-hydrogen) atoms. The van der Waals surface area contributed by atoms with E-state index >= 15 is 0 Å². The first-order chi connectivity index (χ1) is 8.66. The van der Waals surface area contributed by atoms with Gasteiger partial charge in [0.05, 0.1) is 5.25 Å². The highest BCUT2D eigenvalue weighted by Gasteiger charge is 2.39. The van der Waals surface area contributed by atoms with Crippen molar-refractivity contribution in [1.29, 1.82) is 0 Å². The minimum absolute atomic E-state index is 0.108. The molecule has 2 fully saturated rings. The number of hydrogen-bond acceptors (Lipinski definition) is 2. The first kappa shape index (κ1) is 14.6. The standard InChI is InChI=1S/C13H24ClNO2S/c14-10-4-6-12-7-5-11-15(12)18(16,17)13-8-2-1-3-9-13/h12-13H,1-11H2. The summed E-state index contributed by atoms with van der Waals surface area (Å²) in [4.78, 5) is 0. The molecule has 0 spiro atoms. The van der Waals surface area contributed by atoms with Gasteiger partial charge in [-0.05, 0) is 38.5 Å². The van der Waals surface area contributed by atoms with E-state index in [1.54, 1.807) is 4.31 Å². The second-order valence-corrected chi connectivity index (χ2v) is 8.09. The Morgan fingerprint density at radius 2 is 1.78 bits per heavy atom. The van der Waals surface area contributed by atoms with Gasteiger partial charge in [-0.15, -0.1) is 11.6 Å². The van der Waals surface area contributed by atoms with Crippen LogP contribution in [0, 0.1) is 0 Å². The second kappa shape index (κ2) is 6.58. The van der Waals surface area contributed by atoms with Gasteiger partial charge >= 0.3 is 0 Å². The van der Waals surface area contributed by atoms with Crippen LogP contribution >= 0.6 is 11.6 Å². The molecule has 1 saturated carbocycles. The molecule has 1 atom stereocenters. The maximum Gasteiger partial charge on any atom is 0.217 e. The van der Waals surface area contributed by atoms with Gasteiger partial charge in [0.2, 0.25) is 10.0 Å². The number of hydrogen-bond donors (Lipinski definition) is 0. The van der Waals surface area contributed by atoms with Crippen molar-refractivity contribution in [2.24, 2.45) is 0 Å². The Morgan fingerprint density at radius 3 is 2.44 bits per heavy atom. The van der Waals surface area contributed by atoms with Gasteiger partial charge in [-0.2, -0.15) is 4.31 Å². The molecule has 0 aromatic rings. The molecular formula is C13H24ClNO2S. The summed E-state index contributed by atoms with van der Waals surface area (Å²) in [7, 11) is -3.05. The molecular weight excluding hydrogens is 270 g/mol. The van der Waals surface area contributed by atoms with Crippen LogP contribution in [-0.2, 0) is 10.0 Å². The van der Waals surface area contributed by atoms with Crippen molar-refractivity contribution in [3.63, 3.8) is 0 Å². The largest absolute Gasteiger partial charge is 0.217 e. The van der Waals surface area contributed by atoms with Gasteiger partial charge in [0.15, 0.2) is 0 Å². The van der Waals surface area contributed by atoms with Crippen molar-refractivity contribution in [2.45, 2.75) is 69.1 Å². The predicted octanol–water partition coefficient (Wildman–Crippen LogP) is 3.13. The zero-order valence-electron chi connectivity index (χ0n) is 11.0. The van der Waals surface area contributed by atoms with Crippen LogP contribution in [0.1, 0.15) is 57.8 Å². The molecule has 106 valence electrons. The molecule has 0 N–H and O–H groups in total. The van der Waals surface area contributed by atoms with Crippen molar-refractivity contribution >= 4 is 21.6 Å². The van der Waals surface area contributed by atoms with Crippen molar-refractivity contribution < 1.29 is 8.42 Å². The van der Waals surface area contributed by atoms with Gasteiger partial charge < -0.3 is 0 Å². The molecule has 0 radical (unpaired) electrons. The van der Waals surface area contributed by atoms with Crippen molar-refractivity contribution in [1.82, 2.24) is 4.31 Å². The third kappa shape index (κ3) is 3.20. The Labute approximate surface area is 116 Å². The SMILES string of the molecule is O=S(=O)(C1CCCCC1)N1CCCC1CCCCl. The molecule has 0 aromatic carbocycles. The van der Waals surface area contributed by atoms with Crippen LogP contribution < -0.4 is 0 Å². The van der Waals surface area contributed by atoms with Crippen LogP contribution in [0.5, 0.6) is 0 Å². The van der Waals surface area contributed by atoms with E-state index in [1.165, 1.54) is 6.42 Å². The summed E-state index contributed by atoms with van der Waals surface area (Å²) in [5.41, 5.74) is 0. The number of nitrogens with zero attached hydrogens (tertiary/aromatic N) is 1. The van der Waals surface area contributed by atoms with Crippen LogP contribution in [0.3, 0.4) is 0 Å². The molecule has 5 heteroatoms. The number of rotatable bonds is 5. The van der Waals surface area contributed by atoms with Gasteiger partial charge in [-0.25, -0.2) is 8.42 Å². The monoisotopic (exact) mass is 293 g/mol. The average Bonchev–Trinajstić information content (AvgIpc) is 2.86. The number of halogens is 1. The van der Waals surface area contributed by atoms with Gasteiger partial charge in [-0.3, -0.25) is 0 Å². The first-order valence-corrected chi connectivity index (χ1v) is 9.26. The summed E-state index contributed by atoms with van der Waals surface area (Å²) in [6.45, 7) is 0.728. The Bertz CT molecular complexity index is 352. The van der Waals surface area contributed by atoms with Crippen LogP contribution in [0.25, 0.3) is 0 Å². The third-order valence-corrected chi connectivity index (χ3v) is 7.01. The van der Waals surface area contributed by atoms with E-state index in [0.717, 1.165) is 57.9 Å². The smallest absolute Gasteiger partial charge is 0.212 e. The Hall–Kier alpha value is 0.200. The molecule has 1 aliphatic heterocycles. The minimum atomic E-state index is -3.05. The number of sulfonamides is 1. The van der Waals surface area contributed by atoms with Crippen LogP contribution in [0.2, 0.25) is 0 Å². The van der Waals surface area contributed by atoms with E-state index in [9.17, 15) is 8.42 Å². The quantitative estimate of drug-likeness (QED) is 0.730. The molecule has 3 nitrogen and oxygen atoms in total. The van der Waals surface area contributed by atoms with Crippen LogP contribution in [-0.4, -0.2) is 36.4 Å². The van der Waals surface area contributed by atoms with E-state index in [2.05, 4.69) is 0 Å². The van der Waals surface area contributed by atoms with Gasteiger partial charge in [0, 0.05) is 18.5 Å². The highest BCUT2D eigenvalue weighted by molar-refractivity contribution is 7.89. The Kier molecular flexibility index (Phi) is 5.34. The minimum Gasteiger partial charge on any atom is -0.212 e. The lowest BCUT2D eigenvalue weighted by molar-refractivity contribution is 0.353. The lowest BCUT2D eigenvalue weighted by atomic mass is 10.0. The van der Waals surface area contributed by atoms with Crippen LogP contribution in [0.15, 0.2) is 0 Å². The summed E-state index contributed by atoms with van der Waals surface area (Å²) < 4.78 is 27.1. The molecule has 2 aliphatic rings. The van der Waals surface area contributed by atoms with Crippen molar-refractivity contribution in [3.05, 3.63) is 0 Å². The molecule has 1 saturated heterocycles. The van der Waals surface area contributed by atoms with E-state index < -0.39 is 10.0 Å². The lowest BCUT2D eigenvalue weighted by Crippen LogP contribution is -2.42. The fourth-order valence-electron chi connectivity index (χ4n) is 3.30. The summed E-state index contributed by atoms with van der Waals surface area (Å²) in [5, 5.41) is -0.108. The first-order valence-electron chi connectivity index (χ1n) is 7.23. The third-order valence-electron chi connectivity index (χ3n) is 4.29.